The third-order valence-corrected chi connectivity index (χ3v) is 4.03. The lowest BCUT2D eigenvalue weighted by atomic mass is 10.2. The van der Waals surface area contributed by atoms with E-state index in [-0.39, 0.29) is 5.91 Å². The molecular weight excluding hydrogens is 324 g/mol. The number of aromatic nitrogens is 1. The number of H-pyrrole nitrogens is 1. The van der Waals surface area contributed by atoms with Gasteiger partial charge in [-0.3, -0.25) is 4.79 Å². The summed E-state index contributed by atoms with van der Waals surface area (Å²) in [5, 5.41) is 4.57. The van der Waals surface area contributed by atoms with Gasteiger partial charge in [0.05, 0.1) is 17.3 Å². The summed E-state index contributed by atoms with van der Waals surface area (Å²) < 4.78 is 5.59. The van der Waals surface area contributed by atoms with Crippen LogP contribution in [-0.2, 0) is 4.79 Å². The fourth-order valence-corrected chi connectivity index (χ4v) is 2.78. The molecule has 1 amide bonds. The average Bonchev–Trinajstić information content (AvgIpc) is 2.94. The highest BCUT2D eigenvalue weighted by molar-refractivity contribution is 6.32. The number of carbonyl (C=O) groups is 1. The maximum Gasteiger partial charge on any atom is 0.224 e. The number of nitrogens with one attached hydrogen (secondary N) is 2. The van der Waals surface area contributed by atoms with Crippen LogP contribution in [0.1, 0.15) is 18.5 Å². The molecule has 0 aliphatic rings. The third kappa shape index (κ3) is 3.89. The van der Waals surface area contributed by atoms with Crippen LogP contribution in [0.2, 0.25) is 5.02 Å². The summed E-state index contributed by atoms with van der Waals surface area (Å²) in [4.78, 5) is 15.4. The molecule has 2 N–H and O–H groups in total. The van der Waals surface area contributed by atoms with Gasteiger partial charge in [0.25, 0.3) is 0 Å². The fourth-order valence-electron chi connectivity index (χ4n) is 2.59. The molecule has 3 aromatic rings. The predicted molar refractivity (Wildman–Crippen MR) is 97.8 cm³/mol. The number of carbonyl (C=O) groups excluding carboxylic acids is 1. The Balaban J connectivity index is 1.51. The Kier molecular flexibility index (Phi) is 5.06. The zero-order chi connectivity index (χ0) is 16.9. The van der Waals surface area contributed by atoms with Crippen LogP contribution in [0.25, 0.3) is 10.9 Å². The number of halogens is 1. The van der Waals surface area contributed by atoms with Crippen LogP contribution in [-0.4, -0.2) is 17.5 Å². The number of hydrogen-bond donors (Lipinski definition) is 2. The molecule has 0 aliphatic carbocycles. The Labute approximate surface area is 145 Å². The number of aryl methyl sites for hydroxylation is 1. The molecule has 1 heterocycles. The van der Waals surface area contributed by atoms with E-state index in [1.54, 1.807) is 6.07 Å². The number of para-hydroxylation sites is 1. The lowest BCUT2D eigenvalue weighted by Crippen LogP contribution is -2.13. The highest BCUT2D eigenvalue weighted by Gasteiger charge is 2.08. The zero-order valence-corrected chi connectivity index (χ0v) is 14.2. The summed E-state index contributed by atoms with van der Waals surface area (Å²) >= 11 is 6.02. The maximum absolute atomic E-state index is 12.1. The number of benzene rings is 2. The zero-order valence-electron chi connectivity index (χ0n) is 13.4. The molecule has 3 rings (SSSR count). The molecule has 0 spiro atoms. The molecule has 1 aromatic heterocycles. The van der Waals surface area contributed by atoms with Crippen molar-refractivity contribution in [3.8, 4) is 5.75 Å². The van der Waals surface area contributed by atoms with Gasteiger partial charge in [0.1, 0.15) is 5.75 Å². The molecule has 0 saturated heterocycles. The topological polar surface area (TPSA) is 54.1 Å². The van der Waals surface area contributed by atoms with Gasteiger partial charge in [-0.25, -0.2) is 0 Å². The van der Waals surface area contributed by atoms with Crippen molar-refractivity contribution in [2.75, 3.05) is 11.9 Å². The summed E-state index contributed by atoms with van der Waals surface area (Å²) in [6.07, 6.45) is 1.02. The minimum absolute atomic E-state index is 0.0240. The summed E-state index contributed by atoms with van der Waals surface area (Å²) in [7, 11) is 0. The first-order chi connectivity index (χ1) is 11.6. The Morgan fingerprint density at radius 3 is 2.88 bits per heavy atom. The monoisotopic (exact) mass is 342 g/mol. The van der Waals surface area contributed by atoms with E-state index in [2.05, 4.69) is 10.3 Å². The van der Waals surface area contributed by atoms with Crippen molar-refractivity contribution in [3.05, 3.63) is 59.2 Å². The van der Waals surface area contributed by atoms with Gasteiger partial charge >= 0.3 is 0 Å². The van der Waals surface area contributed by atoms with Gasteiger partial charge in [0, 0.05) is 23.0 Å². The van der Waals surface area contributed by atoms with Crippen molar-refractivity contribution >= 4 is 34.1 Å². The minimum atomic E-state index is -0.0240. The SMILES string of the molecule is Cc1cc2c(NC(=O)CCCOc3ccccc3Cl)cccc2[nH]1. The van der Waals surface area contributed by atoms with Gasteiger partial charge in [0.2, 0.25) is 5.91 Å². The molecule has 124 valence electrons. The number of rotatable bonds is 6. The number of fused-ring (bicyclic) bond motifs is 1. The van der Waals surface area contributed by atoms with Crippen molar-refractivity contribution in [3.63, 3.8) is 0 Å². The molecule has 2 aromatic carbocycles. The van der Waals surface area contributed by atoms with Crippen molar-refractivity contribution in [1.82, 2.24) is 4.98 Å². The van der Waals surface area contributed by atoms with Gasteiger partial charge in [-0.2, -0.15) is 0 Å². The van der Waals surface area contributed by atoms with Crippen LogP contribution < -0.4 is 10.1 Å². The second-order valence-corrected chi connectivity index (χ2v) is 6.06. The molecule has 0 saturated carbocycles. The van der Waals surface area contributed by atoms with Crippen LogP contribution in [0.4, 0.5) is 5.69 Å². The molecule has 0 unspecified atom stereocenters. The number of anilines is 1. The van der Waals surface area contributed by atoms with E-state index in [0.717, 1.165) is 22.3 Å². The number of amides is 1. The first-order valence-electron chi connectivity index (χ1n) is 7.89. The lowest BCUT2D eigenvalue weighted by molar-refractivity contribution is -0.116. The van der Waals surface area contributed by atoms with E-state index in [4.69, 9.17) is 16.3 Å². The number of aromatic amines is 1. The Morgan fingerprint density at radius 1 is 1.21 bits per heavy atom. The van der Waals surface area contributed by atoms with Gasteiger partial charge in [-0.05, 0) is 43.7 Å². The Morgan fingerprint density at radius 2 is 2.04 bits per heavy atom. The summed E-state index contributed by atoms with van der Waals surface area (Å²) in [5.74, 6) is 0.622. The fraction of sp³-hybridized carbons (Fsp3) is 0.211. The van der Waals surface area contributed by atoms with E-state index >= 15 is 0 Å². The predicted octanol–water partition coefficient (Wildman–Crippen LogP) is 4.93. The van der Waals surface area contributed by atoms with E-state index in [0.29, 0.717) is 30.2 Å². The lowest BCUT2D eigenvalue weighted by Gasteiger charge is -2.09. The normalized spacial score (nSPS) is 10.8. The smallest absolute Gasteiger partial charge is 0.224 e. The van der Waals surface area contributed by atoms with E-state index in [1.165, 1.54) is 0 Å². The second-order valence-electron chi connectivity index (χ2n) is 5.65. The molecule has 0 radical (unpaired) electrons. The third-order valence-electron chi connectivity index (χ3n) is 3.72. The number of hydrogen-bond acceptors (Lipinski definition) is 2. The summed E-state index contributed by atoms with van der Waals surface area (Å²) in [5.41, 5.74) is 2.92. The molecule has 5 heteroatoms. The van der Waals surface area contributed by atoms with E-state index < -0.39 is 0 Å². The van der Waals surface area contributed by atoms with E-state index in [9.17, 15) is 4.79 Å². The average molecular weight is 343 g/mol. The van der Waals surface area contributed by atoms with Crippen LogP contribution in [0.5, 0.6) is 5.75 Å². The van der Waals surface area contributed by atoms with Crippen LogP contribution in [0.15, 0.2) is 48.5 Å². The largest absolute Gasteiger partial charge is 0.492 e. The standard InChI is InChI=1S/C19H19ClN2O2/c1-13-12-14-16(21-13)7-4-8-17(14)22-19(23)10-5-11-24-18-9-3-2-6-15(18)20/h2-4,6-9,12,21H,5,10-11H2,1H3,(H,22,23). The van der Waals surface area contributed by atoms with Crippen molar-refractivity contribution in [1.29, 1.82) is 0 Å². The van der Waals surface area contributed by atoms with Crippen LogP contribution in [0.3, 0.4) is 0 Å². The molecule has 24 heavy (non-hydrogen) atoms. The van der Waals surface area contributed by atoms with E-state index in [1.807, 2.05) is 49.4 Å². The summed E-state index contributed by atoms with van der Waals surface area (Å²) in [6.45, 7) is 2.45. The highest BCUT2D eigenvalue weighted by Crippen LogP contribution is 2.25. The first-order valence-corrected chi connectivity index (χ1v) is 8.27. The number of ether oxygens (including phenoxy) is 1. The molecule has 0 aliphatic heterocycles. The summed E-state index contributed by atoms with van der Waals surface area (Å²) in [6, 6.07) is 15.2. The molecule has 4 nitrogen and oxygen atoms in total. The second kappa shape index (κ2) is 7.41. The molecular formula is C19H19ClN2O2. The molecule has 0 bridgehead atoms. The minimum Gasteiger partial charge on any atom is -0.492 e. The van der Waals surface area contributed by atoms with Gasteiger partial charge in [-0.15, -0.1) is 0 Å². The Bertz CT molecular complexity index is 857. The maximum atomic E-state index is 12.1. The van der Waals surface area contributed by atoms with Crippen LogP contribution >= 0.6 is 11.6 Å². The van der Waals surface area contributed by atoms with Crippen molar-refractivity contribution in [2.24, 2.45) is 0 Å². The molecule has 0 fully saturated rings. The first kappa shape index (κ1) is 16.4. The van der Waals surface area contributed by atoms with Crippen molar-refractivity contribution < 1.29 is 9.53 Å². The quantitative estimate of drug-likeness (QED) is 0.624. The van der Waals surface area contributed by atoms with Gasteiger partial charge in [-0.1, -0.05) is 29.8 Å². The van der Waals surface area contributed by atoms with Gasteiger partial charge < -0.3 is 15.0 Å². The van der Waals surface area contributed by atoms with Crippen molar-refractivity contribution in [2.45, 2.75) is 19.8 Å². The highest BCUT2D eigenvalue weighted by atomic mass is 35.5. The Hall–Kier alpha value is -2.46. The van der Waals surface area contributed by atoms with Crippen LogP contribution in [0, 0.1) is 6.92 Å². The molecule has 0 atom stereocenters. The van der Waals surface area contributed by atoms with Gasteiger partial charge in [0.15, 0.2) is 0 Å².